The summed E-state index contributed by atoms with van der Waals surface area (Å²) in [5, 5.41) is 16.6. The van der Waals surface area contributed by atoms with Crippen LogP contribution >= 0.6 is 11.3 Å². The highest BCUT2D eigenvalue weighted by Gasteiger charge is 2.17. The van der Waals surface area contributed by atoms with Gasteiger partial charge in [0.2, 0.25) is 0 Å². The summed E-state index contributed by atoms with van der Waals surface area (Å²) in [5.74, 6) is -0.0454. The van der Waals surface area contributed by atoms with Crippen molar-refractivity contribution in [2.45, 2.75) is 13.0 Å². The van der Waals surface area contributed by atoms with Crippen molar-refractivity contribution in [3.63, 3.8) is 0 Å². The summed E-state index contributed by atoms with van der Waals surface area (Å²) in [7, 11) is 0. The van der Waals surface area contributed by atoms with Gasteiger partial charge in [0.15, 0.2) is 0 Å². The fourth-order valence-electron chi connectivity index (χ4n) is 2.15. The summed E-state index contributed by atoms with van der Waals surface area (Å²) >= 11 is 1.43. The van der Waals surface area contributed by atoms with E-state index in [-0.39, 0.29) is 11.7 Å². The van der Waals surface area contributed by atoms with E-state index in [1.807, 2.05) is 18.2 Å². The van der Waals surface area contributed by atoms with Crippen molar-refractivity contribution in [3.8, 4) is 5.75 Å². The molecule has 1 aliphatic heterocycles. The highest BCUT2D eigenvalue weighted by Crippen LogP contribution is 2.30. The molecule has 1 aliphatic rings. The van der Waals surface area contributed by atoms with Gasteiger partial charge in [-0.25, -0.2) is 4.79 Å². The molecule has 21 heavy (non-hydrogen) atoms. The summed E-state index contributed by atoms with van der Waals surface area (Å²) in [4.78, 5) is 12.6. The van der Waals surface area contributed by atoms with Gasteiger partial charge in [0.25, 0.3) is 0 Å². The smallest absolute Gasteiger partial charge is 0.348 e. The van der Waals surface area contributed by atoms with Crippen molar-refractivity contribution in [3.05, 3.63) is 46.3 Å². The van der Waals surface area contributed by atoms with Crippen LogP contribution in [0.1, 0.15) is 20.8 Å². The minimum Gasteiger partial charge on any atom is -0.508 e. The lowest BCUT2D eigenvalue weighted by atomic mass is 10.1. The average molecular weight is 304 g/mol. The summed E-state index contributed by atoms with van der Waals surface area (Å²) in [6.45, 7) is 1.83. The first kappa shape index (κ1) is 13.9. The quantitative estimate of drug-likeness (QED) is 0.756. The number of fused-ring (bicyclic) bond motifs is 1. The first-order valence-electron chi connectivity index (χ1n) is 6.75. The second kappa shape index (κ2) is 6.15. The SMILES string of the molecule is O=C(OCCc1ccc(O)cc1)c1cc2c(s1)NCNC2. The zero-order chi connectivity index (χ0) is 14.7. The maximum absolute atomic E-state index is 12.0. The van der Waals surface area contributed by atoms with Gasteiger partial charge in [0, 0.05) is 18.5 Å². The van der Waals surface area contributed by atoms with Crippen molar-refractivity contribution >= 4 is 22.3 Å². The number of phenols is 1. The molecule has 0 saturated carbocycles. The number of nitrogens with one attached hydrogen (secondary N) is 2. The van der Waals surface area contributed by atoms with Crippen LogP contribution in [0.25, 0.3) is 0 Å². The monoisotopic (exact) mass is 304 g/mol. The van der Waals surface area contributed by atoms with Crippen LogP contribution in [-0.2, 0) is 17.7 Å². The molecule has 2 aromatic rings. The first-order valence-corrected chi connectivity index (χ1v) is 7.56. The molecule has 110 valence electrons. The molecule has 0 spiro atoms. The molecule has 0 unspecified atom stereocenters. The predicted octanol–water partition coefficient (Wildman–Crippen LogP) is 2.33. The van der Waals surface area contributed by atoms with Crippen LogP contribution in [0, 0.1) is 0 Å². The molecule has 3 N–H and O–H groups in total. The van der Waals surface area contributed by atoms with E-state index in [1.54, 1.807) is 12.1 Å². The number of carbonyl (C=O) groups is 1. The number of hydrogen-bond acceptors (Lipinski definition) is 6. The summed E-state index contributed by atoms with van der Waals surface area (Å²) in [6, 6.07) is 8.78. The van der Waals surface area contributed by atoms with E-state index in [0.29, 0.717) is 17.9 Å². The van der Waals surface area contributed by atoms with E-state index in [1.165, 1.54) is 11.3 Å². The molecule has 0 amide bonds. The first-order chi connectivity index (χ1) is 10.2. The summed E-state index contributed by atoms with van der Waals surface area (Å²) in [5.41, 5.74) is 2.13. The lowest BCUT2D eigenvalue weighted by Gasteiger charge is -2.13. The standard InChI is InChI=1S/C15H16N2O3S/c18-12-3-1-10(2-4-12)5-6-20-15(19)13-7-11-8-16-9-17-14(11)21-13/h1-4,7,16-18H,5-6,8-9H2. The largest absolute Gasteiger partial charge is 0.508 e. The highest BCUT2D eigenvalue weighted by molar-refractivity contribution is 7.18. The van der Waals surface area contributed by atoms with Gasteiger partial charge >= 0.3 is 5.97 Å². The Morgan fingerprint density at radius 3 is 2.90 bits per heavy atom. The molecule has 0 fully saturated rings. The average Bonchev–Trinajstić information content (AvgIpc) is 2.93. The van der Waals surface area contributed by atoms with Gasteiger partial charge in [-0.15, -0.1) is 11.3 Å². The van der Waals surface area contributed by atoms with E-state index >= 15 is 0 Å². The molecular formula is C15H16N2O3S. The predicted molar refractivity (Wildman–Crippen MR) is 81.7 cm³/mol. The van der Waals surface area contributed by atoms with Crippen LogP contribution in [0.5, 0.6) is 5.75 Å². The minimum atomic E-state index is -0.282. The van der Waals surface area contributed by atoms with Gasteiger partial charge < -0.3 is 15.2 Å². The van der Waals surface area contributed by atoms with E-state index in [4.69, 9.17) is 4.74 Å². The van der Waals surface area contributed by atoms with E-state index in [9.17, 15) is 9.90 Å². The highest BCUT2D eigenvalue weighted by atomic mass is 32.1. The number of hydrogen-bond donors (Lipinski definition) is 3. The van der Waals surface area contributed by atoms with Crippen LogP contribution in [-0.4, -0.2) is 24.4 Å². The maximum atomic E-state index is 12.0. The van der Waals surface area contributed by atoms with Crippen LogP contribution in [0.15, 0.2) is 30.3 Å². The topological polar surface area (TPSA) is 70.6 Å². The molecule has 0 aliphatic carbocycles. The summed E-state index contributed by atoms with van der Waals surface area (Å²) in [6.07, 6.45) is 0.636. The number of ether oxygens (including phenoxy) is 1. The van der Waals surface area contributed by atoms with Gasteiger partial charge in [-0.05, 0) is 23.8 Å². The number of esters is 1. The van der Waals surface area contributed by atoms with Crippen molar-refractivity contribution in [2.24, 2.45) is 0 Å². The van der Waals surface area contributed by atoms with E-state index < -0.39 is 0 Å². The Morgan fingerprint density at radius 1 is 1.33 bits per heavy atom. The molecule has 2 heterocycles. The number of anilines is 1. The third-order valence-electron chi connectivity index (χ3n) is 3.26. The number of aromatic hydroxyl groups is 1. The molecule has 1 aromatic heterocycles. The Morgan fingerprint density at radius 2 is 2.14 bits per heavy atom. The number of carbonyl (C=O) groups excluding carboxylic acids is 1. The van der Waals surface area contributed by atoms with Crippen LogP contribution < -0.4 is 10.6 Å². The zero-order valence-corrected chi connectivity index (χ0v) is 12.2. The molecule has 0 atom stereocenters. The van der Waals surface area contributed by atoms with E-state index in [2.05, 4.69) is 10.6 Å². The molecule has 0 saturated heterocycles. The van der Waals surface area contributed by atoms with Crippen molar-refractivity contribution in [1.29, 1.82) is 0 Å². The molecular weight excluding hydrogens is 288 g/mol. The molecule has 1 aromatic carbocycles. The summed E-state index contributed by atoms with van der Waals surface area (Å²) < 4.78 is 5.30. The fraction of sp³-hybridized carbons (Fsp3) is 0.267. The minimum absolute atomic E-state index is 0.237. The Balaban J connectivity index is 1.54. The fourth-order valence-corrected chi connectivity index (χ4v) is 3.12. The zero-order valence-electron chi connectivity index (χ0n) is 11.4. The van der Waals surface area contributed by atoms with Gasteiger partial charge in [-0.1, -0.05) is 12.1 Å². The van der Waals surface area contributed by atoms with Crippen LogP contribution in [0.3, 0.4) is 0 Å². The van der Waals surface area contributed by atoms with Crippen LogP contribution in [0.4, 0.5) is 5.00 Å². The number of benzene rings is 1. The van der Waals surface area contributed by atoms with Gasteiger partial charge in [-0.3, -0.25) is 5.32 Å². The van der Waals surface area contributed by atoms with Crippen LogP contribution in [0.2, 0.25) is 0 Å². The van der Waals surface area contributed by atoms with Crippen molar-refractivity contribution in [2.75, 3.05) is 18.6 Å². The lowest BCUT2D eigenvalue weighted by Crippen LogP contribution is -2.26. The van der Waals surface area contributed by atoms with Crippen molar-refractivity contribution in [1.82, 2.24) is 5.32 Å². The van der Waals surface area contributed by atoms with E-state index in [0.717, 1.165) is 29.3 Å². The second-order valence-corrected chi connectivity index (χ2v) is 5.85. The van der Waals surface area contributed by atoms with Crippen molar-refractivity contribution < 1.29 is 14.6 Å². The molecule has 0 bridgehead atoms. The Kier molecular flexibility index (Phi) is 4.08. The van der Waals surface area contributed by atoms with Gasteiger partial charge in [0.1, 0.15) is 10.6 Å². The third-order valence-corrected chi connectivity index (χ3v) is 4.37. The molecule has 6 heteroatoms. The second-order valence-electron chi connectivity index (χ2n) is 4.80. The van der Waals surface area contributed by atoms with Gasteiger partial charge in [-0.2, -0.15) is 0 Å². The Labute approximate surface area is 126 Å². The lowest BCUT2D eigenvalue weighted by molar-refractivity contribution is 0.0515. The number of thiophene rings is 1. The maximum Gasteiger partial charge on any atom is 0.348 e. The molecule has 0 radical (unpaired) electrons. The molecule has 3 rings (SSSR count). The Hall–Kier alpha value is -2.05. The molecule has 5 nitrogen and oxygen atoms in total. The number of rotatable bonds is 4. The van der Waals surface area contributed by atoms with Gasteiger partial charge in [0.05, 0.1) is 18.3 Å². The Bertz CT molecular complexity index is 613. The number of phenolic OH excluding ortho intramolecular Hbond substituents is 1. The normalized spacial score (nSPS) is 13.3. The third kappa shape index (κ3) is 3.34.